The Balaban J connectivity index is 0.00000204. The third kappa shape index (κ3) is 4.46. The van der Waals surface area contributed by atoms with Gasteiger partial charge in [0, 0.05) is 24.2 Å². The van der Waals surface area contributed by atoms with Gasteiger partial charge in [0.1, 0.15) is 0 Å². The molecule has 0 bridgehead atoms. The molecular formula is C27H32N4O15. The van der Waals surface area contributed by atoms with Gasteiger partial charge in [-0.15, -0.1) is 0 Å². The summed E-state index contributed by atoms with van der Waals surface area (Å²) in [5, 5.41) is 101. The average Bonchev–Trinajstić information content (AvgIpc) is 3.27. The number of nitrogens with zero attached hydrogens (tertiary/aromatic N) is 2. The predicted octanol–water partition coefficient (Wildman–Crippen LogP) is -4.42. The zero-order valence-electron chi connectivity index (χ0n) is 24.2. The SMILES string of the molecule is CC.O=C1c2cccc(NC(O)(O)c3ccc(C(O)(O)N4CCOCC4)cc3)c2C2(O)OOC3(O)C(O)(O)C(=O)NC(=O)C3(O)N12. The summed E-state index contributed by atoms with van der Waals surface area (Å²) in [4.78, 5) is 48.6. The maximum atomic E-state index is 13.4. The first-order valence-electron chi connectivity index (χ1n) is 13.9. The van der Waals surface area contributed by atoms with Crippen molar-refractivity contribution in [3.63, 3.8) is 0 Å². The molecule has 4 aliphatic heterocycles. The minimum absolute atomic E-state index is 0.0170. The number of nitrogens with one attached hydrogen (secondary N) is 2. The van der Waals surface area contributed by atoms with Crippen LogP contribution >= 0.6 is 0 Å². The number of carbonyl (C=O) groups excluding carboxylic acids is 3. The molecule has 0 saturated carbocycles. The molecule has 0 radical (unpaired) electrons. The number of imide groups is 1. The zero-order chi connectivity index (χ0) is 34.1. The highest BCUT2D eigenvalue weighted by Gasteiger charge is 2.84. The van der Waals surface area contributed by atoms with E-state index in [4.69, 9.17) is 9.62 Å². The Labute approximate surface area is 258 Å². The van der Waals surface area contributed by atoms with Crippen LogP contribution in [0.15, 0.2) is 42.5 Å². The molecule has 2 aromatic rings. The highest BCUT2D eigenvalue weighted by atomic mass is 17.3. The largest absolute Gasteiger partial charge is 0.379 e. The lowest BCUT2D eigenvalue weighted by Crippen LogP contribution is -2.90. The second kappa shape index (κ2) is 11.0. The van der Waals surface area contributed by atoms with Crippen LogP contribution in [0.5, 0.6) is 0 Å². The van der Waals surface area contributed by atoms with Crippen molar-refractivity contribution >= 4 is 23.4 Å². The molecule has 3 fully saturated rings. The lowest BCUT2D eigenvalue weighted by molar-refractivity contribution is -0.620. The number of amides is 3. The summed E-state index contributed by atoms with van der Waals surface area (Å²) in [6.45, 7) is 4.96. The molecule has 0 spiro atoms. The van der Waals surface area contributed by atoms with Gasteiger partial charge in [-0.3, -0.25) is 19.7 Å². The van der Waals surface area contributed by atoms with Crippen LogP contribution in [0.2, 0.25) is 0 Å². The zero-order valence-corrected chi connectivity index (χ0v) is 24.2. The Morgan fingerprint density at radius 1 is 0.826 bits per heavy atom. The van der Waals surface area contributed by atoms with E-state index < -0.39 is 69.6 Å². The van der Waals surface area contributed by atoms with Gasteiger partial charge in [0.05, 0.1) is 30.0 Å². The van der Waals surface area contributed by atoms with E-state index in [1.54, 1.807) is 0 Å². The van der Waals surface area contributed by atoms with Crippen LogP contribution in [0.3, 0.4) is 0 Å². The van der Waals surface area contributed by atoms with Crippen molar-refractivity contribution < 1.29 is 74.9 Å². The molecule has 3 unspecified atom stereocenters. The Kier molecular flexibility index (Phi) is 8.02. The molecule has 4 aliphatic rings. The van der Waals surface area contributed by atoms with Gasteiger partial charge in [-0.25, -0.2) is 9.80 Å². The number of carbonyl (C=O) groups is 3. The van der Waals surface area contributed by atoms with Gasteiger partial charge in [0.2, 0.25) is 0 Å². The molecule has 6 rings (SSSR count). The molecule has 3 amide bonds. The van der Waals surface area contributed by atoms with E-state index in [0.29, 0.717) is 0 Å². The Morgan fingerprint density at radius 2 is 1.41 bits per heavy atom. The van der Waals surface area contributed by atoms with Crippen LogP contribution in [0, 0.1) is 0 Å². The smallest absolute Gasteiger partial charge is 0.321 e. The minimum atomic E-state index is -4.10. The van der Waals surface area contributed by atoms with Gasteiger partial charge in [-0.05, 0) is 12.1 Å². The number of ether oxygens (including phenoxy) is 1. The summed E-state index contributed by atoms with van der Waals surface area (Å²) in [7, 11) is 0. The number of aliphatic hydroxyl groups is 9. The number of benzene rings is 2. The standard InChI is InChI=1S/C25H26N4O15.C2H6/c30-17-14-2-1-3-15(27-22(36,37)12-4-6-13(7-5-12)23(38,39)28-8-10-42-11-9-28)16(14)24(40)29(17)20(33)18(31)26-19(32)21(34,35)25(20,41)44-43-24;1-2/h1-7,27,33-41H,8-11H2,(H,26,31,32);1-2H3. The molecule has 0 aromatic heterocycles. The van der Waals surface area contributed by atoms with Crippen molar-refractivity contribution in [2.75, 3.05) is 31.6 Å². The summed E-state index contributed by atoms with van der Waals surface area (Å²) in [6.07, 6.45) is 0. The van der Waals surface area contributed by atoms with E-state index >= 15 is 0 Å². The first-order chi connectivity index (χ1) is 21.4. The fourth-order valence-corrected chi connectivity index (χ4v) is 5.56. The Morgan fingerprint density at radius 3 is 2.02 bits per heavy atom. The van der Waals surface area contributed by atoms with Gasteiger partial charge in [0.15, 0.2) is 0 Å². The van der Waals surface area contributed by atoms with Crippen molar-refractivity contribution in [1.29, 1.82) is 0 Å². The normalized spacial score (nSPS) is 29.2. The van der Waals surface area contributed by atoms with Gasteiger partial charge in [0.25, 0.3) is 35.3 Å². The first-order valence-corrected chi connectivity index (χ1v) is 13.9. The number of fused-ring (bicyclic) bond motifs is 5. The van der Waals surface area contributed by atoms with Crippen LogP contribution in [0.25, 0.3) is 0 Å². The van der Waals surface area contributed by atoms with Crippen LogP contribution in [0.1, 0.15) is 40.9 Å². The molecule has 19 nitrogen and oxygen atoms in total. The van der Waals surface area contributed by atoms with E-state index in [9.17, 15) is 60.3 Å². The van der Waals surface area contributed by atoms with Crippen LogP contribution in [-0.4, -0.2) is 117 Å². The number of morpholine rings is 1. The van der Waals surface area contributed by atoms with Crippen LogP contribution in [-0.2, 0) is 41.8 Å². The van der Waals surface area contributed by atoms with Crippen molar-refractivity contribution in [2.45, 2.75) is 48.9 Å². The summed E-state index contributed by atoms with van der Waals surface area (Å²) >= 11 is 0. The molecule has 46 heavy (non-hydrogen) atoms. The molecule has 4 heterocycles. The third-order valence-corrected chi connectivity index (χ3v) is 7.97. The molecule has 3 atom stereocenters. The fourth-order valence-electron chi connectivity index (χ4n) is 5.56. The second-order valence-corrected chi connectivity index (χ2v) is 10.5. The van der Waals surface area contributed by atoms with Crippen molar-refractivity contribution in [3.05, 3.63) is 64.7 Å². The van der Waals surface area contributed by atoms with Gasteiger partial charge < -0.3 is 56.0 Å². The van der Waals surface area contributed by atoms with Crippen molar-refractivity contribution in [2.24, 2.45) is 0 Å². The lowest BCUT2D eigenvalue weighted by Gasteiger charge is -2.57. The minimum Gasteiger partial charge on any atom is -0.379 e. The quantitative estimate of drug-likeness (QED) is 0.0825. The average molecular weight is 653 g/mol. The summed E-state index contributed by atoms with van der Waals surface area (Å²) < 4.78 is 5.21. The monoisotopic (exact) mass is 652 g/mol. The maximum Gasteiger partial charge on any atom is 0.321 e. The molecule has 3 saturated heterocycles. The number of piperidine rings is 1. The second-order valence-electron chi connectivity index (χ2n) is 10.5. The van der Waals surface area contributed by atoms with Gasteiger partial charge in [-0.2, -0.15) is 9.78 Å². The molecular weight excluding hydrogens is 620 g/mol. The molecule has 250 valence electrons. The Bertz CT molecular complexity index is 1560. The lowest BCUT2D eigenvalue weighted by atomic mass is 9.86. The van der Waals surface area contributed by atoms with E-state index in [1.807, 2.05) is 13.8 Å². The van der Waals surface area contributed by atoms with E-state index in [1.165, 1.54) is 28.4 Å². The van der Waals surface area contributed by atoms with E-state index in [-0.39, 0.29) is 42.3 Å². The molecule has 11 N–H and O–H groups in total. The summed E-state index contributed by atoms with van der Waals surface area (Å²) in [6, 6.07) is 8.00. The maximum absolute atomic E-state index is 13.4. The topological polar surface area (TPSA) is 292 Å². The van der Waals surface area contributed by atoms with Crippen LogP contribution < -0.4 is 10.6 Å². The number of hydrogen-bond donors (Lipinski definition) is 11. The van der Waals surface area contributed by atoms with Crippen molar-refractivity contribution in [3.8, 4) is 0 Å². The van der Waals surface area contributed by atoms with Gasteiger partial charge in [-0.1, -0.05) is 44.2 Å². The van der Waals surface area contributed by atoms with Gasteiger partial charge >= 0.3 is 17.5 Å². The molecule has 19 heteroatoms. The summed E-state index contributed by atoms with van der Waals surface area (Å²) in [5.74, 6) is -22.3. The predicted molar refractivity (Wildman–Crippen MR) is 145 cm³/mol. The van der Waals surface area contributed by atoms with Crippen LogP contribution in [0.4, 0.5) is 5.69 Å². The van der Waals surface area contributed by atoms with Crippen molar-refractivity contribution in [1.82, 2.24) is 15.1 Å². The highest BCUT2D eigenvalue weighted by Crippen LogP contribution is 2.55. The Hall–Kier alpha value is -3.67. The fraction of sp³-hybridized carbons (Fsp3) is 0.444. The number of hydrogen-bond acceptors (Lipinski definition) is 17. The first kappa shape index (κ1) is 33.7. The van der Waals surface area contributed by atoms with E-state index in [0.717, 1.165) is 24.3 Å². The van der Waals surface area contributed by atoms with E-state index in [2.05, 4.69) is 10.2 Å². The molecule has 0 aliphatic carbocycles. The molecule has 2 aromatic carbocycles. The third-order valence-electron chi connectivity index (χ3n) is 7.97. The number of rotatable bonds is 5. The summed E-state index contributed by atoms with van der Waals surface area (Å²) in [5.41, 5.74) is -5.96. The number of anilines is 1. The highest BCUT2D eigenvalue weighted by molar-refractivity contribution is 6.11.